The van der Waals surface area contributed by atoms with Crippen molar-refractivity contribution in [2.75, 3.05) is 6.54 Å². The van der Waals surface area contributed by atoms with E-state index >= 15 is 0 Å². The van der Waals surface area contributed by atoms with Gasteiger partial charge in [0.05, 0.1) is 4.21 Å². The summed E-state index contributed by atoms with van der Waals surface area (Å²) in [4.78, 5) is 0.439. The van der Waals surface area contributed by atoms with Gasteiger partial charge in [0.1, 0.15) is 22.8 Å². The number of thiophene rings is 1. The molecule has 2 aromatic rings. The van der Waals surface area contributed by atoms with E-state index in [1.807, 2.05) is 6.07 Å². The lowest BCUT2D eigenvalue weighted by Crippen LogP contribution is -2.34. The molecule has 1 atom stereocenters. The van der Waals surface area contributed by atoms with Crippen LogP contribution in [0.1, 0.15) is 23.4 Å². The Kier molecular flexibility index (Phi) is 5.68. The van der Waals surface area contributed by atoms with E-state index in [-0.39, 0.29) is 12.1 Å². The number of rotatable bonds is 5. The molecule has 0 unspecified atom stereocenters. The molecule has 0 aliphatic carbocycles. The molecule has 0 N–H and O–H groups in total. The van der Waals surface area contributed by atoms with Crippen LogP contribution in [-0.2, 0) is 0 Å². The zero-order valence-electron chi connectivity index (χ0n) is 12.0. The van der Waals surface area contributed by atoms with Crippen LogP contribution in [0, 0.1) is 17.1 Å². The third-order valence-electron chi connectivity index (χ3n) is 2.99. The van der Waals surface area contributed by atoms with Crippen molar-refractivity contribution < 1.29 is 17.6 Å². The monoisotopic (exact) mass is 360 g/mol. The Bertz CT molecular complexity index is 689. The lowest BCUT2D eigenvalue weighted by atomic mass is 10.1. The first kappa shape index (κ1) is 17.8. The summed E-state index contributed by atoms with van der Waals surface area (Å²) in [5, 5.41) is 8.81. The standard InChI is InChI=1S/C15H12F4N2S2/c1-2-21(23-13-8-7-12(9-20)22-13)14(15(17,18)19)10-3-5-11(16)6-4-10/h3-8,14H,2H2,1H3/t14-/m0/s1. The molecular formula is C15H12F4N2S2. The van der Waals surface area contributed by atoms with E-state index in [0.29, 0.717) is 9.09 Å². The van der Waals surface area contributed by atoms with Gasteiger partial charge in [-0.3, -0.25) is 0 Å². The van der Waals surface area contributed by atoms with Crippen LogP contribution < -0.4 is 0 Å². The van der Waals surface area contributed by atoms with Crippen LogP contribution in [-0.4, -0.2) is 17.0 Å². The fourth-order valence-electron chi connectivity index (χ4n) is 2.01. The van der Waals surface area contributed by atoms with Crippen molar-refractivity contribution >= 4 is 23.3 Å². The Morgan fingerprint density at radius 2 is 1.87 bits per heavy atom. The molecule has 0 aliphatic heterocycles. The minimum Gasteiger partial charge on any atom is -0.230 e. The Balaban J connectivity index is 2.32. The van der Waals surface area contributed by atoms with Gasteiger partial charge in [0.15, 0.2) is 0 Å². The van der Waals surface area contributed by atoms with Gasteiger partial charge in [0.2, 0.25) is 0 Å². The van der Waals surface area contributed by atoms with E-state index in [0.717, 1.165) is 47.6 Å². The minimum atomic E-state index is -4.50. The van der Waals surface area contributed by atoms with E-state index < -0.39 is 18.0 Å². The summed E-state index contributed by atoms with van der Waals surface area (Å²) in [6, 6.07) is 7.62. The summed E-state index contributed by atoms with van der Waals surface area (Å²) in [5.74, 6) is -0.581. The maximum absolute atomic E-state index is 13.5. The highest BCUT2D eigenvalue weighted by Gasteiger charge is 2.45. The molecule has 0 bridgehead atoms. The van der Waals surface area contributed by atoms with Crippen molar-refractivity contribution in [3.05, 3.63) is 52.7 Å². The van der Waals surface area contributed by atoms with Gasteiger partial charge >= 0.3 is 6.18 Å². The molecule has 1 heterocycles. The summed E-state index contributed by atoms with van der Waals surface area (Å²) in [6.45, 7) is 1.75. The SMILES string of the molecule is CCN(Sc1ccc(C#N)s1)[C@@H](c1ccc(F)cc1)C(F)(F)F. The van der Waals surface area contributed by atoms with Crippen LogP contribution in [0.4, 0.5) is 17.6 Å². The third kappa shape index (κ3) is 4.47. The van der Waals surface area contributed by atoms with E-state index in [1.165, 1.54) is 4.31 Å². The summed E-state index contributed by atoms with van der Waals surface area (Å²) < 4.78 is 55.3. The molecule has 0 saturated carbocycles. The Labute approximate surface area is 139 Å². The van der Waals surface area contributed by atoms with Crippen LogP contribution in [0.5, 0.6) is 0 Å². The number of hydrogen-bond donors (Lipinski definition) is 0. The van der Waals surface area contributed by atoms with Gasteiger partial charge in [0, 0.05) is 6.54 Å². The van der Waals surface area contributed by atoms with Crippen molar-refractivity contribution in [1.29, 1.82) is 5.26 Å². The molecule has 1 aromatic heterocycles. The van der Waals surface area contributed by atoms with E-state index in [2.05, 4.69) is 0 Å². The number of hydrogen-bond acceptors (Lipinski definition) is 4. The second kappa shape index (κ2) is 7.34. The number of benzene rings is 1. The average molecular weight is 360 g/mol. The highest BCUT2D eigenvalue weighted by Crippen LogP contribution is 2.43. The molecule has 2 rings (SSSR count). The van der Waals surface area contributed by atoms with Gasteiger partial charge in [-0.1, -0.05) is 19.1 Å². The molecule has 23 heavy (non-hydrogen) atoms. The van der Waals surface area contributed by atoms with Crippen LogP contribution in [0.15, 0.2) is 40.6 Å². The summed E-state index contributed by atoms with van der Waals surface area (Å²) in [7, 11) is 0. The third-order valence-corrected chi connectivity index (χ3v) is 5.27. The highest BCUT2D eigenvalue weighted by atomic mass is 32.2. The fraction of sp³-hybridized carbons (Fsp3) is 0.267. The first-order chi connectivity index (χ1) is 10.8. The Morgan fingerprint density at radius 3 is 2.35 bits per heavy atom. The summed E-state index contributed by atoms with van der Waals surface area (Å²) in [6.07, 6.45) is -4.50. The normalized spacial score (nSPS) is 13.1. The zero-order chi connectivity index (χ0) is 17.0. The Hall–Kier alpha value is -1.56. The van der Waals surface area contributed by atoms with Crippen LogP contribution >= 0.6 is 23.3 Å². The molecule has 0 amide bonds. The largest absolute Gasteiger partial charge is 0.408 e. The molecule has 0 spiro atoms. The van der Waals surface area contributed by atoms with Crippen LogP contribution in [0.3, 0.4) is 0 Å². The maximum atomic E-state index is 13.5. The van der Waals surface area contributed by atoms with Crippen LogP contribution in [0.25, 0.3) is 0 Å². The first-order valence-corrected chi connectivity index (χ1v) is 8.21. The molecule has 0 radical (unpaired) electrons. The summed E-state index contributed by atoms with van der Waals surface area (Å²) in [5.41, 5.74) is -0.0229. The van der Waals surface area contributed by atoms with E-state index in [9.17, 15) is 17.6 Å². The quantitative estimate of drug-likeness (QED) is 0.528. The van der Waals surface area contributed by atoms with Gasteiger partial charge < -0.3 is 0 Å². The van der Waals surface area contributed by atoms with Gasteiger partial charge in [0.25, 0.3) is 0 Å². The lowest BCUT2D eigenvalue weighted by Gasteiger charge is -2.31. The number of nitrogens with zero attached hydrogens (tertiary/aromatic N) is 2. The predicted molar refractivity (Wildman–Crippen MR) is 82.5 cm³/mol. The van der Waals surface area contributed by atoms with Gasteiger partial charge in [-0.15, -0.1) is 11.3 Å². The number of alkyl halides is 3. The molecular weight excluding hydrogens is 348 g/mol. The molecule has 1 aromatic carbocycles. The smallest absolute Gasteiger partial charge is 0.230 e. The number of nitriles is 1. The number of halogens is 4. The molecule has 122 valence electrons. The molecule has 0 saturated heterocycles. The van der Waals surface area contributed by atoms with Crippen molar-refractivity contribution in [2.24, 2.45) is 0 Å². The maximum Gasteiger partial charge on any atom is 0.408 e. The summed E-state index contributed by atoms with van der Waals surface area (Å²) >= 11 is 2.08. The van der Waals surface area contributed by atoms with E-state index in [4.69, 9.17) is 5.26 Å². The molecule has 2 nitrogen and oxygen atoms in total. The predicted octanol–water partition coefficient (Wildman–Crippen LogP) is 5.39. The second-order valence-electron chi connectivity index (χ2n) is 4.55. The lowest BCUT2D eigenvalue weighted by molar-refractivity contribution is -0.172. The second-order valence-corrected chi connectivity index (χ2v) is 6.98. The van der Waals surface area contributed by atoms with Crippen molar-refractivity contribution in [2.45, 2.75) is 23.4 Å². The van der Waals surface area contributed by atoms with Crippen molar-refractivity contribution in [3.63, 3.8) is 0 Å². The van der Waals surface area contributed by atoms with Gasteiger partial charge in [-0.25, -0.2) is 8.70 Å². The van der Waals surface area contributed by atoms with Crippen LogP contribution in [0.2, 0.25) is 0 Å². The zero-order valence-corrected chi connectivity index (χ0v) is 13.6. The van der Waals surface area contributed by atoms with Crippen molar-refractivity contribution in [1.82, 2.24) is 4.31 Å². The first-order valence-electron chi connectivity index (χ1n) is 6.62. The van der Waals surface area contributed by atoms with E-state index in [1.54, 1.807) is 19.1 Å². The minimum absolute atomic E-state index is 0.0229. The highest BCUT2D eigenvalue weighted by molar-refractivity contribution is 7.99. The fourth-order valence-corrected chi connectivity index (χ4v) is 4.08. The van der Waals surface area contributed by atoms with Gasteiger partial charge in [-0.2, -0.15) is 18.4 Å². The molecule has 0 aliphatic rings. The average Bonchev–Trinajstić information content (AvgIpc) is 2.95. The topological polar surface area (TPSA) is 27.0 Å². The van der Waals surface area contributed by atoms with Crippen molar-refractivity contribution in [3.8, 4) is 6.07 Å². The Morgan fingerprint density at radius 1 is 1.22 bits per heavy atom. The molecule has 8 heteroatoms. The van der Waals surface area contributed by atoms with Gasteiger partial charge in [-0.05, 0) is 41.8 Å². The molecule has 0 fully saturated rings.